The summed E-state index contributed by atoms with van der Waals surface area (Å²) < 4.78 is 10.9. The van der Waals surface area contributed by atoms with Gasteiger partial charge in [0.05, 0.1) is 24.9 Å². The van der Waals surface area contributed by atoms with Gasteiger partial charge in [-0.1, -0.05) is 93.1 Å². The normalized spacial score (nSPS) is 14.4. The van der Waals surface area contributed by atoms with Gasteiger partial charge >= 0.3 is 12.1 Å². The van der Waals surface area contributed by atoms with Crippen LogP contribution in [0, 0.1) is 5.92 Å². The minimum Gasteiger partial charge on any atom is -0.461 e. The number of alkyl carbamates (subject to hydrolysis) is 1. The van der Waals surface area contributed by atoms with E-state index < -0.39 is 53.7 Å². The number of aliphatic hydroxyl groups excluding tert-OH is 1. The monoisotopic (exact) mass is 699 g/mol. The molecule has 0 aliphatic rings. The van der Waals surface area contributed by atoms with Gasteiger partial charge in [0.1, 0.15) is 24.3 Å². The second kappa shape index (κ2) is 18.1. The van der Waals surface area contributed by atoms with Crippen LogP contribution in [-0.4, -0.2) is 68.8 Å². The molecule has 3 amide bonds. The van der Waals surface area contributed by atoms with Crippen molar-refractivity contribution in [3.05, 3.63) is 102 Å². The number of amides is 3. The Morgan fingerprint density at radius 3 is 2.22 bits per heavy atom. The number of carbonyl (C=O) groups excluding carboxylic acids is 4. The highest BCUT2D eigenvalue weighted by Crippen LogP contribution is 2.21. The molecule has 12 nitrogen and oxygen atoms in total. The Morgan fingerprint density at radius 2 is 1.53 bits per heavy atom. The molecular formula is C39H49N5O7. The van der Waals surface area contributed by atoms with Gasteiger partial charge in [-0.15, -0.1) is 0 Å². The Bertz CT molecular complexity index is 1730. The quantitative estimate of drug-likeness (QED) is 0.104. The van der Waals surface area contributed by atoms with Gasteiger partial charge in [-0.05, 0) is 48.6 Å². The van der Waals surface area contributed by atoms with E-state index in [9.17, 15) is 24.3 Å². The van der Waals surface area contributed by atoms with Crippen LogP contribution in [0.15, 0.2) is 85.3 Å². The molecule has 5 atom stereocenters. The maximum atomic E-state index is 14.1. The zero-order chi connectivity index (χ0) is 37.0. The molecule has 1 aromatic heterocycles. The molecule has 0 spiro atoms. The van der Waals surface area contributed by atoms with Crippen molar-refractivity contribution >= 4 is 34.6 Å². The number of H-pyrrole nitrogens is 1. The molecule has 4 rings (SSSR count). The van der Waals surface area contributed by atoms with E-state index in [0.29, 0.717) is 12.1 Å². The Balaban J connectivity index is 1.54. The summed E-state index contributed by atoms with van der Waals surface area (Å²) in [5, 5.41) is 21.5. The lowest BCUT2D eigenvalue weighted by Crippen LogP contribution is -2.58. The highest BCUT2D eigenvalue weighted by atomic mass is 16.6. The molecule has 5 N–H and O–H groups in total. The van der Waals surface area contributed by atoms with Crippen LogP contribution in [0.1, 0.15) is 64.3 Å². The van der Waals surface area contributed by atoms with Crippen molar-refractivity contribution < 1.29 is 33.8 Å². The fourth-order valence-electron chi connectivity index (χ4n) is 5.68. The minimum absolute atomic E-state index is 0.0352. The molecule has 0 radical (unpaired) electrons. The molecule has 3 aromatic carbocycles. The van der Waals surface area contributed by atoms with Gasteiger partial charge in [-0.25, -0.2) is 9.78 Å². The maximum Gasteiger partial charge on any atom is 0.408 e. The third-order valence-electron chi connectivity index (χ3n) is 8.52. The van der Waals surface area contributed by atoms with Crippen LogP contribution in [0.4, 0.5) is 4.79 Å². The molecule has 51 heavy (non-hydrogen) atoms. The van der Waals surface area contributed by atoms with E-state index in [0.717, 1.165) is 21.9 Å². The number of carbonyl (C=O) groups is 4. The number of fused-ring (bicyclic) bond motifs is 1. The van der Waals surface area contributed by atoms with Gasteiger partial charge in [0.25, 0.3) is 0 Å². The summed E-state index contributed by atoms with van der Waals surface area (Å²) in [6.45, 7) is 9.00. The minimum atomic E-state index is -1.26. The maximum absolute atomic E-state index is 14.1. The first kappa shape index (κ1) is 38.6. The molecule has 0 aliphatic carbocycles. The number of benzene rings is 3. The van der Waals surface area contributed by atoms with Crippen LogP contribution in [-0.2, 0) is 43.3 Å². The summed E-state index contributed by atoms with van der Waals surface area (Å²) in [5.41, 5.74) is 1.39. The molecule has 272 valence electrons. The smallest absolute Gasteiger partial charge is 0.408 e. The average Bonchev–Trinajstić information content (AvgIpc) is 3.61. The lowest BCUT2D eigenvalue weighted by molar-refractivity contribution is -0.148. The van der Waals surface area contributed by atoms with Crippen LogP contribution >= 0.6 is 0 Å². The lowest BCUT2D eigenvalue weighted by Gasteiger charge is -2.31. The molecule has 0 fully saturated rings. The third-order valence-corrected chi connectivity index (χ3v) is 8.52. The predicted octanol–water partition coefficient (Wildman–Crippen LogP) is 4.75. The van der Waals surface area contributed by atoms with Crippen molar-refractivity contribution in [2.45, 2.75) is 96.7 Å². The Hall–Kier alpha value is -5.23. The van der Waals surface area contributed by atoms with Crippen molar-refractivity contribution in [1.29, 1.82) is 0 Å². The summed E-state index contributed by atoms with van der Waals surface area (Å²) in [6.07, 6.45) is 1.37. The predicted molar refractivity (Wildman–Crippen MR) is 193 cm³/mol. The Labute approximate surface area is 298 Å². The van der Waals surface area contributed by atoms with E-state index in [2.05, 4.69) is 25.9 Å². The number of aliphatic hydroxyl groups is 1. The van der Waals surface area contributed by atoms with Crippen molar-refractivity contribution in [2.75, 3.05) is 0 Å². The third kappa shape index (κ3) is 12.0. The number of hydrogen-bond acceptors (Lipinski definition) is 8. The van der Waals surface area contributed by atoms with Crippen LogP contribution in [0.5, 0.6) is 0 Å². The number of rotatable bonds is 16. The van der Waals surface area contributed by atoms with Gasteiger partial charge in [-0.3, -0.25) is 14.4 Å². The Kier molecular flexibility index (Phi) is 13.7. The van der Waals surface area contributed by atoms with Crippen molar-refractivity contribution in [3.8, 4) is 0 Å². The van der Waals surface area contributed by atoms with Crippen molar-refractivity contribution in [2.24, 2.45) is 5.92 Å². The summed E-state index contributed by atoms with van der Waals surface area (Å²) in [7, 11) is 0. The fourth-order valence-corrected chi connectivity index (χ4v) is 5.68. The van der Waals surface area contributed by atoms with E-state index >= 15 is 0 Å². The number of esters is 1. The standard InChI is InChI=1S/C39H49N5O7/c1-6-25(2)35(33(45)21-34(46)50-23-26-13-8-7-9-14-26)44-37(48)32(20-29-22-40-24-41-29)42-36(47)31(43-38(49)51-39(3,4)5)19-28-17-12-16-27-15-10-11-18-30(27)28/h7-18,22,24-25,31-33,35,45H,6,19-21,23H2,1-5H3,(H,40,41)(H,42,47)(H,43,49)(H,44,48)/t25?,31-,32?,33-,35-/m0/s1. The lowest BCUT2D eigenvalue weighted by atomic mass is 9.92. The van der Waals surface area contributed by atoms with Gasteiger partial charge in [0, 0.05) is 24.7 Å². The van der Waals surface area contributed by atoms with Crippen molar-refractivity contribution in [3.63, 3.8) is 0 Å². The first-order chi connectivity index (χ1) is 24.3. The first-order valence-corrected chi connectivity index (χ1v) is 17.2. The largest absolute Gasteiger partial charge is 0.461 e. The van der Waals surface area contributed by atoms with E-state index in [1.165, 1.54) is 6.33 Å². The highest BCUT2D eigenvalue weighted by Gasteiger charge is 2.34. The summed E-state index contributed by atoms with van der Waals surface area (Å²) in [6, 6.07) is 19.6. The number of nitrogens with zero attached hydrogens (tertiary/aromatic N) is 1. The van der Waals surface area contributed by atoms with Crippen LogP contribution in [0.25, 0.3) is 10.8 Å². The topological polar surface area (TPSA) is 172 Å². The van der Waals surface area contributed by atoms with Gasteiger partial charge in [0.2, 0.25) is 11.8 Å². The van der Waals surface area contributed by atoms with E-state index in [-0.39, 0.29) is 31.8 Å². The van der Waals surface area contributed by atoms with Crippen LogP contribution in [0.2, 0.25) is 0 Å². The van der Waals surface area contributed by atoms with E-state index in [1.54, 1.807) is 27.0 Å². The van der Waals surface area contributed by atoms with Crippen LogP contribution < -0.4 is 16.0 Å². The molecule has 0 bridgehead atoms. The summed E-state index contributed by atoms with van der Waals surface area (Å²) in [5.74, 6) is -2.04. The highest BCUT2D eigenvalue weighted by molar-refractivity contribution is 5.93. The molecule has 1 heterocycles. The molecule has 0 saturated carbocycles. The molecule has 0 saturated heterocycles. The summed E-state index contributed by atoms with van der Waals surface area (Å²) >= 11 is 0. The second-order valence-corrected chi connectivity index (χ2v) is 13.7. The Morgan fingerprint density at radius 1 is 0.863 bits per heavy atom. The number of aromatic amines is 1. The van der Waals surface area contributed by atoms with E-state index in [1.807, 2.05) is 86.6 Å². The zero-order valence-electron chi connectivity index (χ0n) is 29.8. The van der Waals surface area contributed by atoms with E-state index in [4.69, 9.17) is 9.47 Å². The zero-order valence-corrected chi connectivity index (χ0v) is 29.8. The van der Waals surface area contributed by atoms with Gasteiger partial charge < -0.3 is 35.5 Å². The number of ether oxygens (including phenoxy) is 2. The first-order valence-electron chi connectivity index (χ1n) is 17.2. The fraction of sp³-hybridized carbons (Fsp3) is 0.410. The van der Waals surface area contributed by atoms with Gasteiger partial charge in [-0.2, -0.15) is 0 Å². The SMILES string of the molecule is CCC(C)[C@H](NC(=O)C(Cc1cnc[nH]1)NC(=O)[C@H](Cc1cccc2ccccc12)NC(=O)OC(C)(C)C)[C@@H](O)CC(=O)OCc1ccccc1. The molecule has 2 unspecified atom stereocenters. The number of hydrogen-bond donors (Lipinski definition) is 5. The molecule has 12 heteroatoms. The van der Waals surface area contributed by atoms with Crippen molar-refractivity contribution in [1.82, 2.24) is 25.9 Å². The molecule has 4 aromatic rings. The van der Waals surface area contributed by atoms with Crippen LogP contribution in [0.3, 0.4) is 0 Å². The average molecular weight is 700 g/mol. The summed E-state index contributed by atoms with van der Waals surface area (Å²) in [4.78, 5) is 60.8. The number of imidazole rings is 1. The second-order valence-electron chi connectivity index (χ2n) is 13.7. The molecule has 0 aliphatic heterocycles. The number of nitrogens with one attached hydrogen (secondary N) is 4. The van der Waals surface area contributed by atoms with Gasteiger partial charge in [0.15, 0.2) is 0 Å². The number of aromatic nitrogens is 2. The molecular weight excluding hydrogens is 650 g/mol.